The van der Waals surface area contributed by atoms with Gasteiger partial charge in [0, 0.05) is 31.7 Å². The topological polar surface area (TPSA) is 23.6 Å². The van der Waals surface area contributed by atoms with Crippen LogP contribution in [0.15, 0.2) is 30.3 Å². The summed E-state index contributed by atoms with van der Waals surface area (Å²) in [4.78, 5) is 17.2. The quantitative estimate of drug-likeness (QED) is 0.784. The number of nitrogens with zero attached hydrogens (tertiary/aromatic N) is 2. The molecule has 0 spiro atoms. The third-order valence-electron chi connectivity index (χ3n) is 4.61. The third-order valence-corrected chi connectivity index (χ3v) is 4.61. The maximum Gasteiger partial charge on any atom is 0.253 e. The number of hydrogen-bond acceptors (Lipinski definition) is 2. The van der Waals surface area contributed by atoms with Crippen LogP contribution in [0.1, 0.15) is 30.6 Å². The number of piperidine rings is 2. The molecule has 3 nitrogen and oxygen atoms in total. The fourth-order valence-corrected chi connectivity index (χ4v) is 4.60. The van der Waals surface area contributed by atoms with Gasteiger partial charge in [-0.05, 0) is 36.4 Å². The minimum atomic E-state index is 0.187. The highest BCUT2D eigenvalue weighted by Gasteiger charge is 2.48. The average molecular weight is 272 g/mol. The summed E-state index contributed by atoms with van der Waals surface area (Å²) in [6, 6.07) is 9.68. The van der Waals surface area contributed by atoms with Crippen LogP contribution in [0.4, 0.5) is 0 Å². The summed E-state index contributed by atoms with van der Waals surface area (Å²) in [7, 11) is 2.20. The van der Waals surface area contributed by atoms with Gasteiger partial charge in [0.25, 0.3) is 5.91 Å². The molecule has 2 fully saturated rings. The van der Waals surface area contributed by atoms with Crippen molar-refractivity contribution in [1.82, 2.24) is 9.80 Å². The van der Waals surface area contributed by atoms with Gasteiger partial charge in [-0.1, -0.05) is 32.0 Å². The first-order valence-corrected chi connectivity index (χ1v) is 7.42. The van der Waals surface area contributed by atoms with E-state index in [1.165, 1.54) is 6.42 Å². The summed E-state index contributed by atoms with van der Waals surface area (Å²) in [5.74, 6) is 0.187. The number of likely N-dealkylation sites (tertiary alicyclic amines) is 2. The number of carbonyl (C=O) groups is 1. The summed E-state index contributed by atoms with van der Waals surface area (Å²) >= 11 is 0. The van der Waals surface area contributed by atoms with Gasteiger partial charge < -0.3 is 9.80 Å². The molecule has 1 aromatic rings. The molecule has 0 aliphatic carbocycles. The van der Waals surface area contributed by atoms with Crippen molar-refractivity contribution in [3.63, 3.8) is 0 Å². The van der Waals surface area contributed by atoms with Crippen molar-refractivity contribution in [2.24, 2.45) is 10.8 Å². The Kier molecular flexibility index (Phi) is 3.13. The van der Waals surface area contributed by atoms with E-state index in [0.717, 1.165) is 31.7 Å². The van der Waals surface area contributed by atoms with Gasteiger partial charge in [-0.15, -0.1) is 0 Å². The van der Waals surface area contributed by atoms with Crippen molar-refractivity contribution >= 4 is 5.91 Å². The maximum absolute atomic E-state index is 12.7. The van der Waals surface area contributed by atoms with Crippen LogP contribution in [0.2, 0.25) is 0 Å². The molecule has 0 radical (unpaired) electrons. The molecule has 1 amide bonds. The molecule has 2 saturated heterocycles. The molecule has 20 heavy (non-hydrogen) atoms. The fourth-order valence-electron chi connectivity index (χ4n) is 4.60. The van der Waals surface area contributed by atoms with Crippen LogP contribution in [0.3, 0.4) is 0 Å². The predicted octanol–water partition coefficient (Wildman–Crippen LogP) is 2.49. The first-order valence-electron chi connectivity index (χ1n) is 7.42. The molecule has 2 aliphatic rings. The second kappa shape index (κ2) is 4.59. The summed E-state index contributed by atoms with van der Waals surface area (Å²) in [5, 5.41) is 0. The Morgan fingerprint density at radius 3 is 2.10 bits per heavy atom. The van der Waals surface area contributed by atoms with E-state index in [2.05, 4.69) is 30.7 Å². The number of hydrogen-bond donors (Lipinski definition) is 0. The summed E-state index contributed by atoms with van der Waals surface area (Å²) in [6.07, 6.45) is 1.23. The molecule has 2 atom stereocenters. The second-order valence-corrected chi connectivity index (χ2v) is 7.50. The highest BCUT2D eigenvalue weighted by molar-refractivity contribution is 5.94. The smallest absolute Gasteiger partial charge is 0.253 e. The minimum absolute atomic E-state index is 0.187. The predicted molar refractivity (Wildman–Crippen MR) is 80.7 cm³/mol. The van der Waals surface area contributed by atoms with E-state index in [1.807, 2.05) is 30.3 Å². The Bertz CT molecular complexity index is 495. The van der Waals surface area contributed by atoms with E-state index in [0.29, 0.717) is 0 Å². The van der Waals surface area contributed by atoms with Gasteiger partial charge in [-0.2, -0.15) is 0 Å². The van der Waals surface area contributed by atoms with E-state index in [1.54, 1.807) is 0 Å². The molecule has 0 unspecified atom stereocenters. The van der Waals surface area contributed by atoms with Crippen LogP contribution < -0.4 is 0 Å². The third kappa shape index (κ3) is 2.47. The standard InChI is InChI=1S/C17H24N2O/c1-16-9-17(2,11-18(3)10-16)13-19(12-16)15(20)14-7-5-4-6-8-14/h4-8H,9-13H2,1-3H3/t16-,17-/m0/s1. The molecule has 3 heteroatoms. The molecular weight excluding hydrogens is 248 g/mol. The van der Waals surface area contributed by atoms with Crippen LogP contribution in [-0.4, -0.2) is 48.9 Å². The van der Waals surface area contributed by atoms with Crippen LogP contribution in [0.5, 0.6) is 0 Å². The minimum Gasteiger partial charge on any atom is -0.337 e. The Balaban J connectivity index is 1.85. The number of carbonyl (C=O) groups excluding carboxylic acids is 1. The molecule has 2 heterocycles. The number of amides is 1. The zero-order chi connectivity index (χ0) is 14.4. The van der Waals surface area contributed by atoms with Gasteiger partial charge in [-0.3, -0.25) is 4.79 Å². The van der Waals surface area contributed by atoms with Crippen molar-refractivity contribution < 1.29 is 4.79 Å². The van der Waals surface area contributed by atoms with Gasteiger partial charge in [0.05, 0.1) is 0 Å². The fraction of sp³-hybridized carbons (Fsp3) is 0.588. The van der Waals surface area contributed by atoms with E-state index in [-0.39, 0.29) is 16.7 Å². The van der Waals surface area contributed by atoms with E-state index < -0.39 is 0 Å². The van der Waals surface area contributed by atoms with Crippen molar-refractivity contribution in [3.05, 3.63) is 35.9 Å². The van der Waals surface area contributed by atoms with Crippen molar-refractivity contribution in [3.8, 4) is 0 Å². The summed E-state index contributed by atoms with van der Waals surface area (Å²) in [5.41, 5.74) is 1.27. The first kappa shape index (κ1) is 13.6. The van der Waals surface area contributed by atoms with Gasteiger partial charge in [-0.25, -0.2) is 0 Å². The van der Waals surface area contributed by atoms with Crippen molar-refractivity contribution in [2.45, 2.75) is 20.3 Å². The molecule has 108 valence electrons. The summed E-state index contributed by atoms with van der Waals surface area (Å²) in [6.45, 7) is 8.57. The normalized spacial score (nSPS) is 34.0. The van der Waals surface area contributed by atoms with Crippen LogP contribution >= 0.6 is 0 Å². The highest BCUT2D eigenvalue weighted by atomic mass is 16.2. The molecule has 1 aromatic carbocycles. The van der Waals surface area contributed by atoms with E-state index >= 15 is 0 Å². The zero-order valence-corrected chi connectivity index (χ0v) is 12.7. The van der Waals surface area contributed by atoms with Gasteiger partial charge in [0.2, 0.25) is 0 Å². The van der Waals surface area contributed by atoms with E-state index in [9.17, 15) is 4.79 Å². The summed E-state index contributed by atoms with van der Waals surface area (Å²) < 4.78 is 0. The largest absolute Gasteiger partial charge is 0.337 e. The number of benzene rings is 1. The van der Waals surface area contributed by atoms with Gasteiger partial charge in [0.15, 0.2) is 0 Å². The van der Waals surface area contributed by atoms with Crippen molar-refractivity contribution in [1.29, 1.82) is 0 Å². The second-order valence-electron chi connectivity index (χ2n) is 7.50. The molecule has 0 N–H and O–H groups in total. The molecular formula is C17H24N2O. The average Bonchev–Trinajstić information content (AvgIpc) is 2.35. The molecule has 0 aromatic heterocycles. The Hall–Kier alpha value is -1.35. The number of rotatable bonds is 1. The van der Waals surface area contributed by atoms with Crippen LogP contribution in [0.25, 0.3) is 0 Å². The van der Waals surface area contributed by atoms with Gasteiger partial charge in [0.1, 0.15) is 0 Å². The Labute approximate surface area is 121 Å². The first-order chi connectivity index (χ1) is 9.39. The van der Waals surface area contributed by atoms with Crippen LogP contribution in [0, 0.1) is 10.8 Å². The molecule has 0 saturated carbocycles. The van der Waals surface area contributed by atoms with Gasteiger partial charge >= 0.3 is 0 Å². The molecule has 3 rings (SSSR count). The molecule has 2 bridgehead atoms. The lowest BCUT2D eigenvalue weighted by atomic mass is 9.65. The lowest BCUT2D eigenvalue weighted by molar-refractivity contribution is -0.0554. The van der Waals surface area contributed by atoms with Crippen molar-refractivity contribution in [2.75, 3.05) is 33.2 Å². The molecule has 2 aliphatic heterocycles. The Morgan fingerprint density at radius 2 is 1.55 bits per heavy atom. The lowest BCUT2D eigenvalue weighted by Crippen LogP contribution is -2.62. The SMILES string of the molecule is CN1C[C@@]2(C)CN(C(=O)c3ccccc3)C[C@](C)(C1)C2. The highest BCUT2D eigenvalue weighted by Crippen LogP contribution is 2.45. The zero-order valence-electron chi connectivity index (χ0n) is 12.7. The Morgan fingerprint density at radius 1 is 1.00 bits per heavy atom. The maximum atomic E-state index is 12.7. The van der Waals surface area contributed by atoms with E-state index in [4.69, 9.17) is 0 Å². The number of fused-ring (bicyclic) bond motifs is 2. The monoisotopic (exact) mass is 272 g/mol. The lowest BCUT2D eigenvalue weighted by Gasteiger charge is -2.56. The van der Waals surface area contributed by atoms with Crippen LogP contribution in [-0.2, 0) is 0 Å².